The second-order valence-corrected chi connectivity index (χ2v) is 4.76. The molecule has 1 fully saturated rings. The van der Waals surface area contributed by atoms with Gasteiger partial charge >= 0.3 is 0 Å². The molecule has 19 heavy (non-hydrogen) atoms. The van der Waals surface area contributed by atoms with E-state index in [1.807, 2.05) is 0 Å². The van der Waals surface area contributed by atoms with Crippen molar-refractivity contribution in [3.63, 3.8) is 0 Å². The van der Waals surface area contributed by atoms with Crippen LogP contribution in [0.2, 0.25) is 5.02 Å². The Morgan fingerprint density at radius 3 is 2.47 bits per heavy atom. The highest BCUT2D eigenvalue weighted by Crippen LogP contribution is 2.21. The molecule has 0 saturated carbocycles. The number of rotatable bonds is 3. The Morgan fingerprint density at radius 1 is 1.42 bits per heavy atom. The molecule has 7 heteroatoms. The van der Waals surface area contributed by atoms with Gasteiger partial charge in [-0.3, -0.25) is 4.79 Å². The summed E-state index contributed by atoms with van der Waals surface area (Å²) < 4.78 is 10.6. The zero-order valence-corrected chi connectivity index (χ0v) is 11.6. The highest BCUT2D eigenvalue weighted by Gasteiger charge is 2.35. The maximum absolute atomic E-state index is 12.3. The molecule has 0 spiro atoms. The average Bonchev–Trinajstić information content (AvgIpc) is 2.84. The number of amides is 1. The minimum atomic E-state index is -0.156. The van der Waals surface area contributed by atoms with Gasteiger partial charge in [0, 0.05) is 33.5 Å². The quantitative estimate of drug-likeness (QED) is 0.889. The molecule has 6 nitrogen and oxygen atoms in total. The van der Waals surface area contributed by atoms with Crippen LogP contribution in [0.4, 0.5) is 5.82 Å². The first-order valence-electron chi connectivity index (χ1n) is 5.82. The molecule has 1 saturated heterocycles. The van der Waals surface area contributed by atoms with E-state index in [2.05, 4.69) is 4.98 Å². The lowest BCUT2D eigenvalue weighted by Gasteiger charge is -2.15. The van der Waals surface area contributed by atoms with Crippen molar-refractivity contribution in [1.29, 1.82) is 0 Å². The molecule has 0 bridgehead atoms. The van der Waals surface area contributed by atoms with Crippen LogP contribution in [0.1, 0.15) is 10.4 Å². The van der Waals surface area contributed by atoms with Gasteiger partial charge in [-0.25, -0.2) is 4.98 Å². The summed E-state index contributed by atoms with van der Waals surface area (Å²) in [6, 6.07) is 1.52. The largest absolute Gasteiger partial charge is 0.382 e. The summed E-state index contributed by atoms with van der Waals surface area (Å²) in [5.74, 6) is 0.0557. The van der Waals surface area contributed by atoms with Crippen molar-refractivity contribution in [3.8, 4) is 0 Å². The molecular weight excluding hydrogens is 270 g/mol. The number of methoxy groups -OCH3 is 2. The van der Waals surface area contributed by atoms with E-state index in [1.54, 1.807) is 19.1 Å². The summed E-state index contributed by atoms with van der Waals surface area (Å²) >= 11 is 5.87. The molecule has 1 aromatic rings. The van der Waals surface area contributed by atoms with Crippen molar-refractivity contribution in [2.45, 2.75) is 12.2 Å². The third kappa shape index (κ3) is 2.80. The van der Waals surface area contributed by atoms with Crippen LogP contribution in [-0.2, 0) is 9.47 Å². The summed E-state index contributed by atoms with van der Waals surface area (Å²) in [5.41, 5.74) is 5.93. The van der Waals surface area contributed by atoms with E-state index in [9.17, 15) is 4.79 Å². The molecule has 2 atom stereocenters. The maximum Gasteiger partial charge on any atom is 0.255 e. The Hall–Kier alpha value is -1.37. The highest BCUT2D eigenvalue weighted by molar-refractivity contribution is 6.33. The molecule has 2 rings (SSSR count). The summed E-state index contributed by atoms with van der Waals surface area (Å²) in [5, 5.41) is 0.275. The molecule has 1 amide bonds. The first kappa shape index (κ1) is 14.0. The van der Waals surface area contributed by atoms with E-state index in [0.29, 0.717) is 18.7 Å². The molecule has 0 radical (unpaired) electrons. The molecule has 104 valence electrons. The average molecular weight is 286 g/mol. The number of hydrogen-bond acceptors (Lipinski definition) is 5. The Balaban J connectivity index is 2.14. The lowest BCUT2D eigenvalue weighted by atomic mass is 10.2. The van der Waals surface area contributed by atoms with Crippen LogP contribution in [0.3, 0.4) is 0 Å². The van der Waals surface area contributed by atoms with Crippen LogP contribution in [0.5, 0.6) is 0 Å². The van der Waals surface area contributed by atoms with Gasteiger partial charge in [0.15, 0.2) is 0 Å². The fraction of sp³-hybridized carbons (Fsp3) is 0.500. The molecule has 2 unspecified atom stereocenters. The molecule has 0 aliphatic carbocycles. The van der Waals surface area contributed by atoms with E-state index in [1.165, 1.54) is 12.3 Å². The Bertz CT molecular complexity index is 471. The normalized spacial score (nSPS) is 22.8. The first-order chi connectivity index (χ1) is 9.06. The number of nitrogens with zero attached hydrogens (tertiary/aromatic N) is 2. The monoisotopic (exact) mass is 285 g/mol. The molecule has 1 aromatic heterocycles. The van der Waals surface area contributed by atoms with Crippen LogP contribution < -0.4 is 5.73 Å². The van der Waals surface area contributed by atoms with Gasteiger partial charge in [0.05, 0.1) is 10.6 Å². The van der Waals surface area contributed by atoms with Crippen molar-refractivity contribution in [2.24, 2.45) is 0 Å². The summed E-state index contributed by atoms with van der Waals surface area (Å²) in [6.45, 7) is 0.964. The number of likely N-dealkylation sites (tertiary alicyclic amines) is 1. The van der Waals surface area contributed by atoms with Gasteiger partial charge in [-0.05, 0) is 6.07 Å². The lowest BCUT2D eigenvalue weighted by Crippen LogP contribution is -2.30. The number of aromatic nitrogens is 1. The molecule has 0 aromatic carbocycles. The molecule has 2 heterocycles. The topological polar surface area (TPSA) is 77.7 Å². The number of halogens is 1. The van der Waals surface area contributed by atoms with Crippen molar-refractivity contribution < 1.29 is 14.3 Å². The number of pyridine rings is 1. The van der Waals surface area contributed by atoms with Gasteiger partial charge in [-0.2, -0.15) is 0 Å². The van der Waals surface area contributed by atoms with Gasteiger partial charge < -0.3 is 20.1 Å². The minimum Gasteiger partial charge on any atom is -0.382 e. The van der Waals surface area contributed by atoms with Crippen LogP contribution in [0, 0.1) is 0 Å². The van der Waals surface area contributed by atoms with Crippen LogP contribution in [0.25, 0.3) is 0 Å². The van der Waals surface area contributed by atoms with Crippen molar-refractivity contribution >= 4 is 23.3 Å². The zero-order chi connectivity index (χ0) is 14.0. The van der Waals surface area contributed by atoms with E-state index >= 15 is 0 Å². The lowest BCUT2D eigenvalue weighted by molar-refractivity contribution is -0.00461. The van der Waals surface area contributed by atoms with Gasteiger partial charge in [0.25, 0.3) is 5.91 Å². The van der Waals surface area contributed by atoms with Crippen LogP contribution >= 0.6 is 11.6 Å². The summed E-state index contributed by atoms with van der Waals surface area (Å²) in [7, 11) is 3.21. The van der Waals surface area contributed by atoms with Crippen molar-refractivity contribution in [1.82, 2.24) is 9.88 Å². The van der Waals surface area contributed by atoms with Gasteiger partial charge in [0.1, 0.15) is 18.0 Å². The number of nitrogen functional groups attached to an aromatic ring is 1. The standard InChI is InChI=1S/C12H16ClN3O3/c1-18-9-5-16(6-10(9)19-2)12(17)7-3-8(13)11(14)15-4-7/h3-4,9-10H,5-6H2,1-2H3,(H2,14,15). The van der Waals surface area contributed by atoms with E-state index in [0.717, 1.165) is 0 Å². The van der Waals surface area contributed by atoms with Gasteiger partial charge in [0.2, 0.25) is 0 Å². The Labute approximate surface area is 116 Å². The second kappa shape index (κ2) is 5.73. The van der Waals surface area contributed by atoms with Crippen molar-refractivity contribution in [3.05, 3.63) is 22.8 Å². The SMILES string of the molecule is COC1CN(C(=O)c2cnc(N)c(Cl)c2)CC1OC. The fourth-order valence-corrected chi connectivity index (χ4v) is 2.28. The number of anilines is 1. The minimum absolute atomic E-state index is 0.119. The second-order valence-electron chi connectivity index (χ2n) is 4.35. The van der Waals surface area contributed by atoms with Gasteiger partial charge in [-0.15, -0.1) is 0 Å². The first-order valence-corrected chi connectivity index (χ1v) is 6.20. The van der Waals surface area contributed by atoms with E-state index < -0.39 is 0 Å². The number of nitrogens with two attached hydrogens (primary N) is 1. The molecule has 2 N–H and O–H groups in total. The summed E-state index contributed by atoms with van der Waals surface area (Å²) in [6.07, 6.45) is 1.18. The molecule has 1 aliphatic rings. The third-order valence-corrected chi connectivity index (χ3v) is 3.53. The predicted octanol–water partition coefficient (Wildman–Crippen LogP) is 0.803. The Kier molecular flexibility index (Phi) is 4.24. The number of carbonyl (C=O) groups excluding carboxylic acids is 1. The predicted molar refractivity (Wildman–Crippen MR) is 71.2 cm³/mol. The number of hydrogen-bond donors (Lipinski definition) is 1. The van der Waals surface area contributed by atoms with Crippen molar-refractivity contribution in [2.75, 3.05) is 33.0 Å². The maximum atomic E-state index is 12.3. The highest BCUT2D eigenvalue weighted by atomic mass is 35.5. The van der Waals surface area contributed by atoms with Gasteiger partial charge in [-0.1, -0.05) is 11.6 Å². The van der Waals surface area contributed by atoms with Crippen LogP contribution in [-0.4, -0.2) is 55.3 Å². The number of carbonyl (C=O) groups is 1. The Morgan fingerprint density at radius 2 is 2.00 bits per heavy atom. The van der Waals surface area contributed by atoms with Crippen LogP contribution in [0.15, 0.2) is 12.3 Å². The zero-order valence-electron chi connectivity index (χ0n) is 10.8. The smallest absolute Gasteiger partial charge is 0.255 e. The van der Waals surface area contributed by atoms with E-state index in [-0.39, 0.29) is 29.0 Å². The summed E-state index contributed by atoms with van der Waals surface area (Å²) in [4.78, 5) is 17.9. The number of ether oxygens (including phenoxy) is 2. The third-order valence-electron chi connectivity index (χ3n) is 3.22. The fourth-order valence-electron chi connectivity index (χ4n) is 2.11. The van der Waals surface area contributed by atoms with E-state index in [4.69, 9.17) is 26.8 Å². The molecule has 1 aliphatic heterocycles. The molecular formula is C12H16ClN3O3.